The van der Waals surface area contributed by atoms with E-state index in [-0.39, 0.29) is 0 Å². The van der Waals surface area contributed by atoms with Gasteiger partial charge in [-0.05, 0) is 29.3 Å². The largest absolute Gasteiger partial charge is 0.497 e. The zero-order valence-electron chi connectivity index (χ0n) is 15.9. The summed E-state index contributed by atoms with van der Waals surface area (Å²) in [5.74, 6) is -3.41. The Morgan fingerprint density at radius 1 is 1.00 bits per heavy atom. The summed E-state index contributed by atoms with van der Waals surface area (Å²) in [4.78, 5) is 28.9. The number of nitrogens with one attached hydrogen (secondary N) is 1. The van der Waals surface area contributed by atoms with Gasteiger partial charge < -0.3 is 19.2 Å². The molecule has 1 fully saturated rings. The Morgan fingerprint density at radius 2 is 1.64 bits per heavy atom. The van der Waals surface area contributed by atoms with E-state index < -0.39 is 29.6 Å². The van der Waals surface area contributed by atoms with Crippen molar-refractivity contribution in [2.75, 3.05) is 7.11 Å². The first-order chi connectivity index (χ1) is 13.4. The van der Waals surface area contributed by atoms with Gasteiger partial charge in [-0.1, -0.05) is 30.3 Å². The Kier molecular flexibility index (Phi) is 4.34. The summed E-state index contributed by atoms with van der Waals surface area (Å²) in [6.45, 7) is 3.10. The third-order valence-electron chi connectivity index (χ3n) is 4.97. The number of methoxy groups -OCH3 is 1. The topological polar surface area (TPSA) is 77.6 Å². The van der Waals surface area contributed by atoms with Crippen LogP contribution in [0.2, 0.25) is 0 Å². The highest BCUT2D eigenvalue weighted by atomic mass is 16.7. The lowest BCUT2D eigenvalue weighted by Crippen LogP contribution is -2.48. The molecule has 0 radical (unpaired) electrons. The van der Waals surface area contributed by atoms with Gasteiger partial charge in [-0.2, -0.15) is 0 Å². The van der Waals surface area contributed by atoms with E-state index in [2.05, 4.69) is 4.98 Å². The second kappa shape index (κ2) is 6.71. The number of H-pyrrole nitrogens is 1. The van der Waals surface area contributed by atoms with Gasteiger partial charge in [-0.3, -0.25) is 9.59 Å². The molecule has 28 heavy (non-hydrogen) atoms. The molecule has 2 heterocycles. The number of aromatic amines is 1. The number of carbonyl (C=O) groups is 2. The maximum Gasteiger partial charge on any atom is 0.324 e. The average molecular weight is 379 g/mol. The molecular weight excluding hydrogens is 358 g/mol. The number of hydrogen-bond acceptors (Lipinski definition) is 5. The fourth-order valence-electron chi connectivity index (χ4n) is 3.71. The van der Waals surface area contributed by atoms with Gasteiger partial charge in [0.1, 0.15) is 5.75 Å². The molecule has 0 bridgehead atoms. The van der Waals surface area contributed by atoms with E-state index in [4.69, 9.17) is 14.2 Å². The first-order valence-corrected chi connectivity index (χ1v) is 9.05. The van der Waals surface area contributed by atoms with Crippen LogP contribution in [-0.4, -0.2) is 29.8 Å². The van der Waals surface area contributed by atoms with Crippen molar-refractivity contribution in [1.82, 2.24) is 4.98 Å². The van der Waals surface area contributed by atoms with Crippen molar-refractivity contribution in [2.24, 2.45) is 5.92 Å². The van der Waals surface area contributed by atoms with E-state index in [0.29, 0.717) is 5.75 Å². The number of aromatic nitrogens is 1. The second-order valence-electron chi connectivity index (χ2n) is 7.26. The number of ether oxygens (including phenoxy) is 3. The molecule has 1 aliphatic heterocycles. The summed E-state index contributed by atoms with van der Waals surface area (Å²) < 4.78 is 16.0. The molecule has 2 aromatic carbocycles. The Morgan fingerprint density at radius 3 is 2.29 bits per heavy atom. The molecule has 4 rings (SSSR count). The van der Waals surface area contributed by atoms with Crippen molar-refractivity contribution in [3.05, 3.63) is 65.9 Å². The maximum atomic E-state index is 12.8. The van der Waals surface area contributed by atoms with E-state index in [1.54, 1.807) is 33.1 Å². The molecule has 0 spiro atoms. The number of benzene rings is 2. The average Bonchev–Trinajstić information content (AvgIpc) is 3.08. The van der Waals surface area contributed by atoms with Crippen molar-refractivity contribution in [3.8, 4) is 5.75 Å². The molecular formula is C22H21NO5. The van der Waals surface area contributed by atoms with E-state index in [0.717, 1.165) is 22.0 Å². The number of para-hydroxylation sites is 1. The van der Waals surface area contributed by atoms with Gasteiger partial charge >= 0.3 is 11.9 Å². The normalized spacial score (nSPS) is 17.8. The fraction of sp³-hybridized carbons (Fsp3) is 0.273. The lowest BCUT2D eigenvalue weighted by Gasteiger charge is -2.36. The first kappa shape index (κ1) is 18.1. The van der Waals surface area contributed by atoms with Crippen LogP contribution in [0.25, 0.3) is 10.9 Å². The molecule has 0 saturated carbocycles. The standard InChI is InChI=1S/C22H21NO5/c1-22(2)27-20(24)19(21(25)28-22)18(13-8-10-14(26-3)11-9-13)16-12-23-17-7-5-4-6-15(16)17/h4-12,18-19,23H,1-3H3. The quantitative estimate of drug-likeness (QED) is 0.552. The Balaban J connectivity index is 1.86. The van der Waals surface area contributed by atoms with Crippen LogP contribution in [0.15, 0.2) is 54.7 Å². The number of esters is 2. The minimum Gasteiger partial charge on any atom is -0.497 e. The van der Waals surface area contributed by atoms with Gasteiger partial charge in [0.25, 0.3) is 5.79 Å². The van der Waals surface area contributed by atoms with Crippen LogP contribution < -0.4 is 4.74 Å². The molecule has 0 amide bonds. The van der Waals surface area contributed by atoms with Crippen molar-refractivity contribution >= 4 is 22.8 Å². The minimum atomic E-state index is -1.27. The summed E-state index contributed by atoms with van der Waals surface area (Å²) in [6.07, 6.45) is 1.83. The fourth-order valence-corrected chi connectivity index (χ4v) is 3.71. The molecule has 6 heteroatoms. The van der Waals surface area contributed by atoms with Gasteiger partial charge in [0.15, 0.2) is 5.92 Å². The van der Waals surface area contributed by atoms with E-state index in [9.17, 15) is 9.59 Å². The Labute approximate surface area is 162 Å². The van der Waals surface area contributed by atoms with Crippen LogP contribution >= 0.6 is 0 Å². The van der Waals surface area contributed by atoms with E-state index >= 15 is 0 Å². The molecule has 0 aliphatic carbocycles. The predicted octanol–water partition coefficient (Wildman–Crippen LogP) is 3.76. The van der Waals surface area contributed by atoms with Crippen LogP contribution in [0, 0.1) is 5.92 Å². The zero-order chi connectivity index (χ0) is 19.9. The van der Waals surface area contributed by atoms with Gasteiger partial charge in [0.2, 0.25) is 0 Å². The van der Waals surface area contributed by atoms with Crippen molar-refractivity contribution in [1.29, 1.82) is 0 Å². The Hall–Kier alpha value is -3.28. The SMILES string of the molecule is COc1ccc(C(c2c[nH]c3ccccc23)C2C(=O)OC(C)(C)OC2=O)cc1. The van der Waals surface area contributed by atoms with Gasteiger partial charge in [0.05, 0.1) is 7.11 Å². The summed E-state index contributed by atoms with van der Waals surface area (Å²) in [5, 5.41) is 0.939. The maximum absolute atomic E-state index is 12.8. The summed E-state index contributed by atoms with van der Waals surface area (Å²) in [5.41, 5.74) is 2.55. The van der Waals surface area contributed by atoms with Gasteiger partial charge in [-0.25, -0.2) is 0 Å². The molecule has 1 N–H and O–H groups in total. The van der Waals surface area contributed by atoms with E-state index in [1.165, 1.54) is 0 Å². The van der Waals surface area contributed by atoms with Crippen molar-refractivity contribution in [2.45, 2.75) is 25.6 Å². The number of rotatable bonds is 4. The monoisotopic (exact) mass is 379 g/mol. The second-order valence-corrected chi connectivity index (χ2v) is 7.26. The molecule has 1 aliphatic rings. The van der Waals surface area contributed by atoms with Gasteiger partial charge in [-0.15, -0.1) is 0 Å². The summed E-state index contributed by atoms with van der Waals surface area (Å²) in [7, 11) is 1.59. The number of carbonyl (C=O) groups excluding carboxylic acids is 2. The van der Waals surface area contributed by atoms with Crippen LogP contribution in [-0.2, 0) is 19.1 Å². The number of fused-ring (bicyclic) bond motifs is 1. The summed E-state index contributed by atoms with van der Waals surface area (Å²) in [6, 6.07) is 15.1. The molecule has 3 aromatic rings. The predicted molar refractivity (Wildman–Crippen MR) is 103 cm³/mol. The highest BCUT2D eigenvalue weighted by Crippen LogP contribution is 2.41. The first-order valence-electron chi connectivity index (χ1n) is 9.05. The molecule has 1 unspecified atom stereocenters. The molecule has 1 atom stereocenters. The van der Waals surface area contributed by atoms with Crippen molar-refractivity contribution in [3.63, 3.8) is 0 Å². The highest BCUT2D eigenvalue weighted by Gasteiger charge is 2.48. The van der Waals surface area contributed by atoms with Crippen LogP contribution in [0.4, 0.5) is 0 Å². The Bertz CT molecular complexity index is 1010. The van der Waals surface area contributed by atoms with E-state index in [1.807, 2.05) is 42.6 Å². The molecule has 144 valence electrons. The van der Waals surface area contributed by atoms with Crippen LogP contribution in [0.1, 0.15) is 30.9 Å². The summed E-state index contributed by atoms with van der Waals surface area (Å²) >= 11 is 0. The number of cyclic esters (lactones) is 2. The third kappa shape index (κ3) is 3.11. The van der Waals surface area contributed by atoms with Crippen molar-refractivity contribution < 1.29 is 23.8 Å². The zero-order valence-corrected chi connectivity index (χ0v) is 15.9. The van der Waals surface area contributed by atoms with Gasteiger partial charge in [0, 0.05) is 36.9 Å². The molecule has 1 saturated heterocycles. The third-order valence-corrected chi connectivity index (χ3v) is 4.97. The lowest BCUT2D eigenvalue weighted by molar-refractivity contribution is -0.240. The lowest BCUT2D eigenvalue weighted by atomic mass is 9.80. The smallest absolute Gasteiger partial charge is 0.324 e. The van der Waals surface area contributed by atoms with Crippen LogP contribution in [0.3, 0.4) is 0 Å². The molecule has 1 aromatic heterocycles. The minimum absolute atomic E-state index is 0.557. The molecule has 6 nitrogen and oxygen atoms in total. The highest BCUT2D eigenvalue weighted by molar-refractivity contribution is 5.99. The van der Waals surface area contributed by atoms with Crippen LogP contribution in [0.5, 0.6) is 5.75 Å². The number of hydrogen-bond donors (Lipinski definition) is 1.